The van der Waals surface area contributed by atoms with Gasteiger partial charge in [-0.05, 0) is 94.0 Å². The number of aryl methyl sites for hydroxylation is 5. The smallest absolute Gasteiger partial charge is 0.244 e. The summed E-state index contributed by atoms with van der Waals surface area (Å²) in [7, 11) is -3.64. The van der Waals surface area contributed by atoms with Crippen molar-refractivity contribution in [2.24, 2.45) is 0 Å². The van der Waals surface area contributed by atoms with Crippen LogP contribution in [0, 0.1) is 34.6 Å². The summed E-state index contributed by atoms with van der Waals surface area (Å²) >= 11 is 0. The zero-order chi connectivity index (χ0) is 22.1. The second-order valence-corrected chi connectivity index (χ2v) is 9.96. The van der Waals surface area contributed by atoms with Gasteiger partial charge in [0.05, 0.1) is 18.0 Å². The summed E-state index contributed by atoms with van der Waals surface area (Å²) in [4.78, 5) is 13.0. The zero-order valence-corrected chi connectivity index (χ0v) is 19.4. The summed E-state index contributed by atoms with van der Waals surface area (Å²) in [6.45, 7) is 13.5. The fraction of sp³-hybridized carbons (Fsp3) is 0.435. The Bertz CT molecular complexity index is 1010. The largest absolute Gasteiger partial charge is 0.348 e. The lowest BCUT2D eigenvalue weighted by atomic mass is 9.96. The van der Waals surface area contributed by atoms with Crippen molar-refractivity contribution in [3.05, 3.63) is 63.7 Å². The molecule has 0 aliphatic carbocycles. The van der Waals surface area contributed by atoms with Crippen LogP contribution in [0.25, 0.3) is 0 Å². The number of hydrogen-bond acceptors (Lipinski definition) is 3. The number of carbonyl (C=O) groups excluding carboxylic acids is 1. The zero-order valence-electron chi connectivity index (χ0n) is 18.6. The predicted molar refractivity (Wildman–Crippen MR) is 120 cm³/mol. The molecule has 2 aromatic carbocycles. The Morgan fingerprint density at radius 1 is 0.862 bits per heavy atom. The SMILES string of the molecule is Cc1cc(C)cc(N([C@@H](C)C(=O)N[C@H](C)c2cc(C)c(C)cc2C)S(C)(=O)=O)c1. The standard InChI is InChI=1S/C23H32N2O3S/c1-14-9-15(2)11-21(10-14)25(29(8,27)28)20(7)23(26)24-19(6)22-13-17(4)16(3)12-18(22)5/h9-13,19-20H,1-8H3,(H,24,26)/t19-,20+/m1/s1. The van der Waals surface area contributed by atoms with Gasteiger partial charge in [-0.3, -0.25) is 9.10 Å². The fourth-order valence-corrected chi connectivity index (χ4v) is 4.91. The minimum atomic E-state index is -3.64. The molecule has 1 amide bonds. The number of benzene rings is 2. The monoisotopic (exact) mass is 416 g/mol. The molecule has 0 unspecified atom stereocenters. The van der Waals surface area contributed by atoms with Crippen LogP contribution in [-0.2, 0) is 14.8 Å². The molecule has 2 aromatic rings. The lowest BCUT2D eigenvalue weighted by Crippen LogP contribution is -2.48. The lowest BCUT2D eigenvalue weighted by Gasteiger charge is -2.30. The highest BCUT2D eigenvalue weighted by Crippen LogP contribution is 2.25. The Balaban J connectivity index is 2.33. The van der Waals surface area contributed by atoms with Gasteiger partial charge in [0, 0.05) is 0 Å². The van der Waals surface area contributed by atoms with E-state index in [9.17, 15) is 13.2 Å². The predicted octanol–water partition coefficient (Wildman–Crippen LogP) is 4.26. The maximum Gasteiger partial charge on any atom is 0.244 e. The first-order valence-electron chi connectivity index (χ1n) is 9.77. The third-order valence-corrected chi connectivity index (χ3v) is 6.50. The van der Waals surface area contributed by atoms with E-state index in [0.717, 1.165) is 34.1 Å². The summed E-state index contributed by atoms with van der Waals surface area (Å²) in [5.41, 5.74) is 6.89. The molecule has 0 saturated heterocycles. The van der Waals surface area contributed by atoms with Gasteiger partial charge in [0.25, 0.3) is 0 Å². The minimum Gasteiger partial charge on any atom is -0.348 e. The molecule has 0 aromatic heterocycles. The van der Waals surface area contributed by atoms with Crippen molar-refractivity contribution in [3.8, 4) is 0 Å². The third-order valence-electron chi connectivity index (χ3n) is 5.26. The van der Waals surface area contributed by atoms with E-state index in [-0.39, 0.29) is 11.9 Å². The molecule has 5 nitrogen and oxygen atoms in total. The Hall–Kier alpha value is -2.34. The molecule has 1 N–H and O–H groups in total. The maximum atomic E-state index is 13.0. The van der Waals surface area contributed by atoms with Crippen LogP contribution in [0.1, 0.15) is 53.3 Å². The summed E-state index contributed by atoms with van der Waals surface area (Å²) in [6.07, 6.45) is 1.13. The molecule has 0 saturated carbocycles. The molecular formula is C23H32N2O3S. The number of sulfonamides is 1. The third kappa shape index (κ3) is 5.38. The van der Waals surface area contributed by atoms with Gasteiger partial charge in [-0.1, -0.05) is 18.2 Å². The van der Waals surface area contributed by atoms with Crippen molar-refractivity contribution in [2.45, 2.75) is 60.5 Å². The summed E-state index contributed by atoms with van der Waals surface area (Å²) in [6, 6.07) is 8.63. The molecular weight excluding hydrogens is 384 g/mol. The van der Waals surface area contributed by atoms with Gasteiger partial charge < -0.3 is 5.32 Å². The molecule has 0 bridgehead atoms. The summed E-state index contributed by atoms with van der Waals surface area (Å²) < 4.78 is 26.3. The number of hydrogen-bond donors (Lipinski definition) is 1. The average Bonchev–Trinajstić information content (AvgIpc) is 2.55. The van der Waals surface area contributed by atoms with Crippen molar-refractivity contribution in [1.82, 2.24) is 5.32 Å². The number of amides is 1. The van der Waals surface area contributed by atoms with E-state index >= 15 is 0 Å². The van der Waals surface area contributed by atoms with Crippen molar-refractivity contribution >= 4 is 21.6 Å². The molecule has 0 aliphatic heterocycles. The molecule has 0 spiro atoms. The first-order valence-corrected chi connectivity index (χ1v) is 11.6. The van der Waals surface area contributed by atoms with Crippen LogP contribution in [0.2, 0.25) is 0 Å². The van der Waals surface area contributed by atoms with E-state index in [4.69, 9.17) is 0 Å². The van der Waals surface area contributed by atoms with E-state index < -0.39 is 16.1 Å². The topological polar surface area (TPSA) is 66.5 Å². The molecule has 158 valence electrons. The molecule has 6 heteroatoms. The van der Waals surface area contributed by atoms with E-state index in [2.05, 4.69) is 24.4 Å². The van der Waals surface area contributed by atoms with Crippen molar-refractivity contribution in [1.29, 1.82) is 0 Å². The highest BCUT2D eigenvalue weighted by atomic mass is 32.2. The highest BCUT2D eigenvalue weighted by Gasteiger charge is 2.30. The van der Waals surface area contributed by atoms with Gasteiger partial charge in [-0.2, -0.15) is 0 Å². The van der Waals surface area contributed by atoms with Gasteiger partial charge in [0.1, 0.15) is 6.04 Å². The number of rotatable bonds is 6. The summed E-state index contributed by atoms with van der Waals surface area (Å²) in [5, 5.41) is 2.99. The molecule has 0 heterocycles. The van der Waals surface area contributed by atoms with E-state index in [1.807, 2.05) is 40.7 Å². The minimum absolute atomic E-state index is 0.232. The van der Waals surface area contributed by atoms with Crippen LogP contribution in [0.3, 0.4) is 0 Å². The number of nitrogens with one attached hydrogen (secondary N) is 1. The molecule has 29 heavy (non-hydrogen) atoms. The average molecular weight is 417 g/mol. The van der Waals surface area contributed by atoms with Crippen molar-refractivity contribution < 1.29 is 13.2 Å². The quantitative estimate of drug-likeness (QED) is 0.765. The van der Waals surface area contributed by atoms with E-state index in [1.54, 1.807) is 19.1 Å². The Labute approximate surface area is 175 Å². The van der Waals surface area contributed by atoms with Gasteiger partial charge in [0.2, 0.25) is 15.9 Å². The second-order valence-electron chi connectivity index (χ2n) is 8.10. The number of carbonyl (C=O) groups is 1. The van der Waals surface area contributed by atoms with Crippen molar-refractivity contribution in [2.75, 3.05) is 10.6 Å². The van der Waals surface area contributed by atoms with Gasteiger partial charge in [0.15, 0.2) is 0 Å². The fourth-order valence-electron chi connectivity index (χ4n) is 3.75. The molecule has 2 atom stereocenters. The molecule has 2 rings (SSSR count). The van der Waals surface area contributed by atoms with Crippen LogP contribution in [0.4, 0.5) is 5.69 Å². The first kappa shape index (κ1) is 22.9. The van der Waals surface area contributed by atoms with Crippen LogP contribution in [0.15, 0.2) is 30.3 Å². The number of anilines is 1. The lowest BCUT2D eigenvalue weighted by molar-refractivity contribution is -0.122. The van der Waals surface area contributed by atoms with Gasteiger partial charge in [-0.25, -0.2) is 8.42 Å². The van der Waals surface area contributed by atoms with Crippen LogP contribution < -0.4 is 9.62 Å². The highest BCUT2D eigenvalue weighted by molar-refractivity contribution is 7.92. The Kier molecular flexibility index (Phi) is 6.78. The van der Waals surface area contributed by atoms with Crippen LogP contribution >= 0.6 is 0 Å². The van der Waals surface area contributed by atoms with Crippen molar-refractivity contribution in [3.63, 3.8) is 0 Å². The van der Waals surface area contributed by atoms with Gasteiger partial charge in [-0.15, -0.1) is 0 Å². The van der Waals surface area contributed by atoms with Gasteiger partial charge >= 0.3 is 0 Å². The Morgan fingerprint density at radius 3 is 1.90 bits per heavy atom. The van der Waals surface area contributed by atoms with E-state index in [1.165, 1.54) is 9.87 Å². The second kappa shape index (κ2) is 8.57. The first-order chi connectivity index (χ1) is 13.3. The molecule has 0 fully saturated rings. The van der Waals surface area contributed by atoms with Crippen LogP contribution in [-0.4, -0.2) is 26.6 Å². The molecule has 0 radical (unpaired) electrons. The normalized spacial score (nSPS) is 13.7. The van der Waals surface area contributed by atoms with Crippen LogP contribution in [0.5, 0.6) is 0 Å². The number of nitrogens with zero attached hydrogens (tertiary/aromatic N) is 1. The maximum absolute atomic E-state index is 13.0. The Morgan fingerprint density at radius 2 is 1.38 bits per heavy atom. The molecule has 0 aliphatic rings. The van der Waals surface area contributed by atoms with E-state index in [0.29, 0.717) is 5.69 Å². The summed E-state index contributed by atoms with van der Waals surface area (Å²) in [5.74, 6) is -0.334.